The second kappa shape index (κ2) is 22.4. The molecule has 3 aliphatic heterocycles. The Labute approximate surface area is 394 Å². The summed E-state index contributed by atoms with van der Waals surface area (Å²) in [7, 11) is 6.70. The monoisotopic (exact) mass is 931 g/mol. The Bertz CT molecular complexity index is 2160. The average Bonchev–Trinajstić information content (AvgIpc) is 3.90. The van der Waals surface area contributed by atoms with Crippen LogP contribution in [0.5, 0.6) is 0 Å². The number of nitrogens with zero attached hydrogens (tertiary/aromatic N) is 5. The third-order valence-corrected chi connectivity index (χ3v) is 13.8. The molecule has 366 valence electrons. The Morgan fingerprint density at radius 2 is 1.72 bits per heavy atom. The number of carbonyl (C=O) groups is 5. The summed E-state index contributed by atoms with van der Waals surface area (Å²) in [4.78, 5) is 83.7. The number of methoxy groups -OCH3 is 2. The fourth-order valence-electron chi connectivity index (χ4n) is 9.98. The van der Waals surface area contributed by atoms with Gasteiger partial charge in [0.1, 0.15) is 17.8 Å². The van der Waals surface area contributed by atoms with Crippen LogP contribution in [0.4, 0.5) is 4.79 Å². The lowest BCUT2D eigenvalue weighted by molar-refractivity contribution is -0.294. The topological polar surface area (TPSA) is 187 Å². The summed E-state index contributed by atoms with van der Waals surface area (Å²) < 4.78 is 46.0. The average molecular weight is 932 g/mol. The molecule has 1 aromatic carbocycles. The molecule has 3 aromatic rings. The first kappa shape index (κ1) is 51.3. The van der Waals surface area contributed by atoms with E-state index in [1.54, 1.807) is 81.6 Å². The number of rotatable bonds is 15. The first-order valence-corrected chi connectivity index (χ1v) is 23.4. The molecule has 0 aliphatic carbocycles. The summed E-state index contributed by atoms with van der Waals surface area (Å²) >= 11 is 0. The number of likely N-dealkylation sites (N-methyl/N-ethyl adjacent to an activating group) is 1. The normalized spacial score (nSPS) is 32.1. The van der Waals surface area contributed by atoms with Gasteiger partial charge < -0.3 is 47.5 Å². The Kier molecular flexibility index (Phi) is 17.1. The van der Waals surface area contributed by atoms with Crippen molar-refractivity contribution in [2.75, 3.05) is 41.5 Å². The van der Waals surface area contributed by atoms with Crippen LogP contribution in [0.2, 0.25) is 0 Å². The summed E-state index contributed by atoms with van der Waals surface area (Å²) in [5.41, 5.74) is -0.890. The molecule has 3 aliphatic rings. The molecule has 3 saturated heterocycles. The summed E-state index contributed by atoms with van der Waals surface area (Å²) in [5.74, 6) is -5.18. The number of unbranched alkanes of at least 4 members (excludes halogenated alkanes) is 1. The van der Waals surface area contributed by atoms with Gasteiger partial charge in [-0.25, -0.2) is 14.6 Å². The van der Waals surface area contributed by atoms with Gasteiger partial charge in [-0.3, -0.25) is 19.4 Å². The number of ether oxygens (including phenoxy) is 7. The fourth-order valence-corrected chi connectivity index (χ4v) is 9.98. The largest absolute Gasteiger partial charge is 0.457 e. The molecule has 0 saturated carbocycles. The lowest BCUT2D eigenvalue weighted by Gasteiger charge is -2.47. The van der Waals surface area contributed by atoms with Crippen LogP contribution < -0.4 is 0 Å². The summed E-state index contributed by atoms with van der Waals surface area (Å²) in [5, 5.41) is 0. The van der Waals surface area contributed by atoms with Gasteiger partial charge >= 0.3 is 18.0 Å². The van der Waals surface area contributed by atoms with Gasteiger partial charge in [-0.1, -0.05) is 39.0 Å². The minimum atomic E-state index is -1.58. The van der Waals surface area contributed by atoms with E-state index >= 15 is 0 Å². The fraction of sp³-hybridized carbons (Fsp3) is 0.620. The third kappa shape index (κ3) is 11.5. The van der Waals surface area contributed by atoms with Crippen LogP contribution in [0.1, 0.15) is 90.4 Å². The predicted molar refractivity (Wildman–Crippen MR) is 246 cm³/mol. The van der Waals surface area contributed by atoms with Gasteiger partial charge in [-0.15, -0.1) is 0 Å². The highest BCUT2D eigenvalue weighted by Gasteiger charge is 2.61. The maximum Gasteiger partial charge on any atom is 0.411 e. The number of hydrogen-bond donors (Lipinski definition) is 0. The number of Topliss-reactive ketones (excluding diaryl/α,β-unsaturated/α-hetero) is 2. The van der Waals surface area contributed by atoms with Crippen molar-refractivity contribution in [1.82, 2.24) is 24.3 Å². The minimum Gasteiger partial charge on any atom is -0.457 e. The van der Waals surface area contributed by atoms with E-state index in [-0.39, 0.29) is 50.3 Å². The Balaban J connectivity index is 1.30. The Hall–Kier alpha value is -5.07. The van der Waals surface area contributed by atoms with E-state index in [2.05, 4.69) is 9.97 Å². The number of fused-ring (bicyclic) bond motifs is 1. The molecule has 0 N–H and O–H groups in total. The molecule has 2 aromatic heterocycles. The first-order chi connectivity index (χ1) is 32.0. The van der Waals surface area contributed by atoms with Crippen molar-refractivity contribution in [2.24, 2.45) is 17.8 Å². The van der Waals surface area contributed by atoms with Crippen molar-refractivity contribution in [3.05, 3.63) is 72.9 Å². The lowest BCUT2D eigenvalue weighted by atomic mass is 9.76. The van der Waals surface area contributed by atoms with Gasteiger partial charge in [0.2, 0.25) is 0 Å². The van der Waals surface area contributed by atoms with Gasteiger partial charge in [-0.2, -0.15) is 0 Å². The number of esters is 2. The smallest absolute Gasteiger partial charge is 0.411 e. The Morgan fingerprint density at radius 1 is 0.985 bits per heavy atom. The number of cyclic esters (lactones) is 1. The van der Waals surface area contributed by atoms with Crippen molar-refractivity contribution in [3.63, 3.8) is 0 Å². The number of imidazole rings is 1. The molecule has 1 amide bonds. The van der Waals surface area contributed by atoms with Crippen molar-refractivity contribution >= 4 is 29.6 Å². The predicted octanol–water partition coefficient (Wildman–Crippen LogP) is 6.17. The van der Waals surface area contributed by atoms with E-state index in [0.717, 1.165) is 11.3 Å². The van der Waals surface area contributed by atoms with Gasteiger partial charge in [0, 0.05) is 69.7 Å². The summed E-state index contributed by atoms with van der Waals surface area (Å²) in [6.45, 7) is 11.0. The molecule has 5 heterocycles. The summed E-state index contributed by atoms with van der Waals surface area (Å²) in [6, 6.07) is 11.2. The van der Waals surface area contributed by atoms with Crippen molar-refractivity contribution in [1.29, 1.82) is 0 Å². The molecule has 1 unspecified atom stereocenters. The Morgan fingerprint density at radius 3 is 2.37 bits per heavy atom. The van der Waals surface area contributed by atoms with Gasteiger partial charge in [-0.05, 0) is 91.2 Å². The van der Waals surface area contributed by atoms with Crippen LogP contribution in [0.15, 0.2) is 67.4 Å². The maximum atomic E-state index is 14.8. The van der Waals surface area contributed by atoms with E-state index in [9.17, 15) is 24.0 Å². The third-order valence-electron chi connectivity index (χ3n) is 13.8. The van der Waals surface area contributed by atoms with E-state index in [1.807, 2.05) is 48.8 Å². The molecule has 0 spiro atoms. The second-order valence-electron chi connectivity index (χ2n) is 18.8. The zero-order chi connectivity index (χ0) is 48.6. The molecule has 0 radical (unpaired) electrons. The summed E-state index contributed by atoms with van der Waals surface area (Å²) in [6.07, 6.45) is 3.66. The number of carbonyl (C=O) groups excluding carboxylic acids is 5. The molecular weight excluding hydrogens is 863 g/mol. The standard InChI is InChI=1S/C50H69N5O12/c1-11-41-50(29-61-9)40(55(48(60)67-50)23-16-15-22-54-28-37(52-30-54)36-20-17-21-51-27-36)25-39(56)31(2)26-49(6,62-10)44(33(4)42(57)34(5)45(58)64-41)66-47-43(38(53(7)8)24-32(3)63-47)65-46(59)35-18-13-12-14-19-35/h12-14,17-21,27-28,30-34,38,40-41,43-44,47H,11,15-16,22-26,29H2,1-10H3/t31-,32-,33+,34-,38+,40-,41-,43-,44-,47?,49+,50+/m1/s1. The van der Waals surface area contributed by atoms with E-state index in [0.29, 0.717) is 31.4 Å². The number of aromatic nitrogens is 3. The van der Waals surface area contributed by atoms with E-state index in [1.165, 1.54) is 21.1 Å². The quantitative estimate of drug-likeness (QED) is 0.0728. The van der Waals surface area contributed by atoms with Gasteiger partial charge in [0.05, 0.1) is 54.1 Å². The van der Waals surface area contributed by atoms with E-state index < -0.39 is 83.4 Å². The zero-order valence-electron chi connectivity index (χ0n) is 40.6. The maximum absolute atomic E-state index is 14.8. The van der Waals surface area contributed by atoms with Gasteiger partial charge in [0.15, 0.2) is 23.8 Å². The van der Waals surface area contributed by atoms with Crippen molar-refractivity contribution in [2.45, 2.75) is 141 Å². The van der Waals surface area contributed by atoms with Crippen LogP contribution >= 0.6 is 0 Å². The molecule has 17 nitrogen and oxygen atoms in total. The van der Waals surface area contributed by atoms with Gasteiger partial charge in [0.25, 0.3) is 0 Å². The van der Waals surface area contributed by atoms with Crippen LogP contribution in [0.3, 0.4) is 0 Å². The van der Waals surface area contributed by atoms with Crippen LogP contribution in [-0.2, 0) is 54.1 Å². The number of pyridine rings is 1. The van der Waals surface area contributed by atoms with Crippen molar-refractivity contribution in [3.8, 4) is 11.3 Å². The van der Waals surface area contributed by atoms with Crippen LogP contribution in [-0.4, -0.2) is 149 Å². The highest BCUT2D eigenvalue weighted by molar-refractivity contribution is 6.00. The molecule has 3 fully saturated rings. The number of aryl methyl sites for hydroxylation is 1. The molecule has 6 rings (SSSR count). The first-order valence-electron chi connectivity index (χ1n) is 23.4. The number of amides is 1. The second-order valence-corrected chi connectivity index (χ2v) is 18.8. The molecule has 12 atom stereocenters. The SMILES string of the molecule is CC[C@H]1OC(=O)[C@H](C)C(=O)[C@H](C)[C@@H](OC2O[C@H](C)C[C@H](N(C)C)[C@H]2OC(=O)c2ccccc2)[C@@](C)(OC)C[C@@H](C)C(=O)C[C@H]2N(CCCCn3cnc(-c4cccnc4)c3)C(=O)O[C@]12COC. The zero-order valence-corrected chi connectivity index (χ0v) is 40.6. The van der Waals surface area contributed by atoms with E-state index in [4.69, 9.17) is 33.2 Å². The molecular formula is C50H69N5O12. The molecule has 17 heteroatoms. The van der Waals surface area contributed by atoms with Crippen LogP contribution in [0.25, 0.3) is 11.3 Å². The number of benzene rings is 1. The lowest BCUT2D eigenvalue weighted by Crippen LogP contribution is -2.61. The minimum absolute atomic E-state index is 0.0687. The highest BCUT2D eigenvalue weighted by atomic mass is 16.7. The number of hydrogen-bond acceptors (Lipinski definition) is 15. The molecule has 0 bridgehead atoms. The van der Waals surface area contributed by atoms with Crippen LogP contribution in [0, 0.1) is 17.8 Å². The van der Waals surface area contributed by atoms with Crippen molar-refractivity contribution < 1.29 is 57.1 Å². The number of ketones is 2. The molecule has 67 heavy (non-hydrogen) atoms. The highest BCUT2D eigenvalue weighted by Crippen LogP contribution is 2.42.